The van der Waals surface area contributed by atoms with Gasteiger partial charge in [-0.1, -0.05) is 36.4 Å². The van der Waals surface area contributed by atoms with E-state index in [1.807, 2.05) is 24.3 Å². The zero-order valence-corrected chi connectivity index (χ0v) is 16.0. The highest BCUT2D eigenvalue weighted by atomic mass is 16.4. The van der Waals surface area contributed by atoms with E-state index in [9.17, 15) is 9.59 Å². The van der Waals surface area contributed by atoms with Gasteiger partial charge in [0.05, 0.1) is 12.7 Å². The fraction of sp³-hybridized carbons (Fsp3) is 0.0870. The molecule has 0 atom stereocenters. The number of hydrogen-bond donors (Lipinski definition) is 3. The molecule has 1 amide bonds. The number of aliphatic carboxylic acids is 1. The van der Waals surface area contributed by atoms with E-state index >= 15 is 0 Å². The lowest BCUT2D eigenvalue weighted by Crippen LogP contribution is -2.16. The second-order valence-corrected chi connectivity index (χ2v) is 6.78. The number of para-hydroxylation sites is 1. The van der Waals surface area contributed by atoms with Gasteiger partial charge in [0.1, 0.15) is 11.4 Å². The summed E-state index contributed by atoms with van der Waals surface area (Å²) in [5.74, 6) is -1.41. The number of nitrogens with two attached hydrogens (primary N) is 1. The standard InChI is InChI=1S/C23H19N3O4/c24-13-14-4-3-6-16(10-14)21-22-17(8-9-30-22)11-19(25-21)23(29)26-18-7-2-1-5-15(18)12-20(27)28/h1-11H,12-13,24H2,(H,26,29)(H,27,28). The maximum Gasteiger partial charge on any atom is 0.307 e. The number of carbonyl (C=O) groups excluding carboxylic acids is 1. The molecular weight excluding hydrogens is 382 g/mol. The van der Waals surface area contributed by atoms with Gasteiger partial charge in [-0.05, 0) is 35.4 Å². The SMILES string of the molecule is NCc1cccc(-c2nc(C(=O)Nc3ccccc3CC(=O)O)cc3ccoc23)c1. The number of nitrogens with zero attached hydrogens (tertiary/aromatic N) is 1. The molecule has 2 aromatic carbocycles. The third-order valence-electron chi connectivity index (χ3n) is 4.71. The first-order valence-electron chi connectivity index (χ1n) is 9.34. The third-order valence-corrected chi connectivity index (χ3v) is 4.71. The quantitative estimate of drug-likeness (QED) is 0.452. The van der Waals surface area contributed by atoms with Gasteiger partial charge >= 0.3 is 5.97 Å². The molecule has 0 spiro atoms. The Bertz CT molecular complexity index is 1250. The number of nitrogens with one attached hydrogen (secondary N) is 1. The van der Waals surface area contributed by atoms with Crippen molar-refractivity contribution in [3.05, 3.63) is 83.7 Å². The number of amides is 1. The van der Waals surface area contributed by atoms with Crippen LogP contribution in [0.4, 0.5) is 5.69 Å². The van der Waals surface area contributed by atoms with Gasteiger partial charge in [0.15, 0.2) is 5.58 Å². The van der Waals surface area contributed by atoms with Crippen LogP contribution in [0.2, 0.25) is 0 Å². The Kier molecular flexibility index (Phi) is 5.28. The summed E-state index contributed by atoms with van der Waals surface area (Å²) in [5, 5.41) is 12.6. The van der Waals surface area contributed by atoms with Gasteiger partial charge in [-0.15, -0.1) is 0 Å². The number of carbonyl (C=O) groups is 2. The number of carboxylic acid groups (broad SMARTS) is 1. The number of pyridine rings is 1. The predicted molar refractivity (Wildman–Crippen MR) is 113 cm³/mol. The number of carboxylic acids is 1. The molecule has 4 rings (SSSR count). The Morgan fingerprint density at radius 2 is 1.90 bits per heavy atom. The molecule has 7 heteroatoms. The van der Waals surface area contributed by atoms with Crippen LogP contribution in [-0.4, -0.2) is 22.0 Å². The number of fused-ring (bicyclic) bond motifs is 1. The van der Waals surface area contributed by atoms with Crippen molar-refractivity contribution in [2.75, 3.05) is 5.32 Å². The minimum Gasteiger partial charge on any atom is -0.481 e. The first-order chi connectivity index (χ1) is 14.5. The average molecular weight is 401 g/mol. The van der Waals surface area contributed by atoms with E-state index in [1.54, 1.807) is 42.7 Å². The van der Waals surface area contributed by atoms with E-state index in [0.29, 0.717) is 29.1 Å². The summed E-state index contributed by atoms with van der Waals surface area (Å²) in [6.07, 6.45) is 1.36. The Morgan fingerprint density at radius 3 is 2.70 bits per heavy atom. The lowest BCUT2D eigenvalue weighted by molar-refractivity contribution is -0.136. The van der Waals surface area contributed by atoms with E-state index in [-0.39, 0.29) is 12.1 Å². The molecule has 0 bridgehead atoms. The Hall–Kier alpha value is -3.97. The molecule has 0 aliphatic rings. The van der Waals surface area contributed by atoms with Gasteiger partial charge in [-0.25, -0.2) is 4.98 Å². The van der Waals surface area contributed by atoms with Crippen molar-refractivity contribution in [1.29, 1.82) is 0 Å². The van der Waals surface area contributed by atoms with Gasteiger partial charge < -0.3 is 20.6 Å². The van der Waals surface area contributed by atoms with E-state index in [1.165, 1.54) is 0 Å². The van der Waals surface area contributed by atoms with Gasteiger partial charge in [0.2, 0.25) is 0 Å². The molecule has 0 aliphatic heterocycles. The smallest absolute Gasteiger partial charge is 0.307 e. The van der Waals surface area contributed by atoms with Gasteiger partial charge in [0, 0.05) is 23.2 Å². The van der Waals surface area contributed by atoms with Crippen LogP contribution in [0.25, 0.3) is 22.2 Å². The zero-order chi connectivity index (χ0) is 21.1. The molecule has 2 heterocycles. The Balaban J connectivity index is 1.73. The highest BCUT2D eigenvalue weighted by Crippen LogP contribution is 2.29. The number of hydrogen-bond acceptors (Lipinski definition) is 5. The highest BCUT2D eigenvalue weighted by molar-refractivity contribution is 6.06. The Labute approximate surface area is 172 Å². The van der Waals surface area contributed by atoms with Crippen LogP contribution in [0.15, 0.2) is 71.3 Å². The van der Waals surface area contributed by atoms with E-state index in [2.05, 4.69) is 10.3 Å². The minimum absolute atomic E-state index is 0.193. The summed E-state index contributed by atoms with van der Waals surface area (Å²) >= 11 is 0. The number of benzene rings is 2. The van der Waals surface area contributed by atoms with E-state index in [4.69, 9.17) is 15.3 Å². The molecule has 4 N–H and O–H groups in total. The maximum atomic E-state index is 13.0. The molecular formula is C23H19N3O4. The van der Waals surface area contributed by atoms with E-state index < -0.39 is 11.9 Å². The summed E-state index contributed by atoms with van der Waals surface area (Å²) < 4.78 is 5.60. The Morgan fingerprint density at radius 1 is 1.07 bits per heavy atom. The molecule has 0 fully saturated rings. The zero-order valence-electron chi connectivity index (χ0n) is 16.0. The summed E-state index contributed by atoms with van der Waals surface area (Å²) in [7, 11) is 0. The van der Waals surface area contributed by atoms with Crippen LogP contribution in [0, 0.1) is 0 Å². The molecule has 0 saturated carbocycles. The van der Waals surface area contributed by atoms with Crippen molar-refractivity contribution in [2.45, 2.75) is 13.0 Å². The summed E-state index contributed by atoms with van der Waals surface area (Å²) in [5.41, 5.74) is 9.74. The van der Waals surface area contributed by atoms with Crippen molar-refractivity contribution in [1.82, 2.24) is 4.98 Å². The van der Waals surface area contributed by atoms with Crippen molar-refractivity contribution in [2.24, 2.45) is 5.73 Å². The first kappa shape index (κ1) is 19.4. The summed E-state index contributed by atoms with van der Waals surface area (Å²) in [6, 6.07) is 17.8. The van der Waals surface area contributed by atoms with Crippen LogP contribution in [0.5, 0.6) is 0 Å². The van der Waals surface area contributed by atoms with Crippen LogP contribution in [0.1, 0.15) is 21.6 Å². The minimum atomic E-state index is -0.975. The number of furan rings is 1. The number of aromatic nitrogens is 1. The molecule has 4 aromatic rings. The van der Waals surface area contributed by atoms with Crippen LogP contribution in [-0.2, 0) is 17.8 Å². The molecule has 7 nitrogen and oxygen atoms in total. The topological polar surface area (TPSA) is 118 Å². The molecule has 0 saturated heterocycles. The van der Waals surface area contributed by atoms with Crippen LogP contribution >= 0.6 is 0 Å². The monoisotopic (exact) mass is 401 g/mol. The van der Waals surface area contributed by atoms with Gasteiger partial charge in [-0.3, -0.25) is 9.59 Å². The predicted octanol–water partition coefficient (Wildman–Crippen LogP) is 3.83. The van der Waals surface area contributed by atoms with Crippen LogP contribution in [0.3, 0.4) is 0 Å². The van der Waals surface area contributed by atoms with Gasteiger partial charge in [0.25, 0.3) is 5.91 Å². The fourth-order valence-electron chi connectivity index (χ4n) is 3.28. The normalized spacial score (nSPS) is 10.8. The largest absolute Gasteiger partial charge is 0.481 e. The molecule has 0 radical (unpaired) electrons. The van der Waals surface area contributed by atoms with Gasteiger partial charge in [-0.2, -0.15) is 0 Å². The number of anilines is 1. The van der Waals surface area contributed by atoms with Crippen LogP contribution < -0.4 is 11.1 Å². The highest BCUT2D eigenvalue weighted by Gasteiger charge is 2.17. The second-order valence-electron chi connectivity index (χ2n) is 6.78. The lowest BCUT2D eigenvalue weighted by Gasteiger charge is -2.11. The molecule has 0 unspecified atom stereocenters. The average Bonchev–Trinajstić information content (AvgIpc) is 3.23. The fourth-order valence-corrected chi connectivity index (χ4v) is 3.28. The third kappa shape index (κ3) is 3.92. The van der Waals surface area contributed by atoms with Crippen molar-refractivity contribution >= 4 is 28.5 Å². The molecule has 2 aromatic heterocycles. The maximum absolute atomic E-state index is 13.0. The lowest BCUT2D eigenvalue weighted by atomic mass is 10.1. The molecule has 0 aliphatic carbocycles. The van der Waals surface area contributed by atoms with Crippen molar-refractivity contribution in [3.8, 4) is 11.3 Å². The molecule has 30 heavy (non-hydrogen) atoms. The summed E-state index contributed by atoms with van der Waals surface area (Å²) in [4.78, 5) is 28.6. The van der Waals surface area contributed by atoms with Crippen molar-refractivity contribution in [3.63, 3.8) is 0 Å². The molecule has 150 valence electrons. The number of rotatable bonds is 6. The second kappa shape index (κ2) is 8.18. The first-order valence-corrected chi connectivity index (χ1v) is 9.34. The van der Waals surface area contributed by atoms with Crippen molar-refractivity contribution < 1.29 is 19.1 Å². The van der Waals surface area contributed by atoms with E-state index in [0.717, 1.165) is 16.5 Å². The summed E-state index contributed by atoms with van der Waals surface area (Å²) in [6.45, 7) is 0.385.